The van der Waals surface area contributed by atoms with Gasteiger partial charge < -0.3 is 9.26 Å². The van der Waals surface area contributed by atoms with Gasteiger partial charge in [0.15, 0.2) is 5.65 Å². The Morgan fingerprint density at radius 2 is 1.93 bits per heavy atom. The normalized spacial score (nSPS) is 11.6. The fraction of sp³-hybridized carbons (Fsp3) is 0.368. The first-order valence-electron chi connectivity index (χ1n) is 8.83. The van der Waals surface area contributed by atoms with Crippen LogP contribution in [-0.2, 0) is 13.0 Å². The zero-order valence-electron chi connectivity index (χ0n) is 16.0. The first-order valence-corrected chi connectivity index (χ1v) is 8.83. The van der Waals surface area contributed by atoms with E-state index in [4.69, 9.17) is 9.26 Å². The molecule has 0 bridgehead atoms. The van der Waals surface area contributed by atoms with Crippen molar-refractivity contribution in [3.05, 3.63) is 51.0 Å². The number of aromatic nitrogens is 5. The van der Waals surface area contributed by atoms with Gasteiger partial charge >= 0.3 is 0 Å². The fourth-order valence-electron chi connectivity index (χ4n) is 3.50. The van der Waals surface area contributed by atoms with Crippen molar-refractivity contribution in [2.75, 3.05) is 7.11 Å². The molecule has 0 aliphatic heterocycles. The first-order chi connectivity index (χ1) is 13.0. The largest absolute Gasteiger partial charge is 0.481 e. The summed E-state index contributed by atoms with van der Waals surface area (Å²) in [6.07, 6.45) is 0.691. The van der Waals surface area contributed by atoms with Gasteiger partial charge in [0.05, 0.1) is 30.6 Å². The number of nitrogens with zero attached hydrogens (tertiary/aromatic N) is 5. The molecule has 8 heteroatoms. The minimum atomic E-state index is -0.112. The molecule has 27 heavy (non-hydrogen) atoms. The lowest BCUT2D eigenvalue weighted by Gasteiger charge is -2.13. The highest BCUT2D eigenvalue weighted by atomic mass is 16.5. The maximum atomic E-state index is 13.4. The second-order valence-corrected chi connectivity index (χ2v) is 6.54. The van der Waals surface area contributed by atoms with E-state index >= 15 is 0 Å². The molecular weight excluding hydrogens is 346 g/mol. The number of pyridine rings is 1. The number of rotatable bonds is 4. The average Bonchev–Trinajstić information content (AvgIpc) is 3.17. The summed E-state index contributed by atoms with van der Waals surface area (Å²) in [5.74, 6) is 1.99. The number of hydrogen-bond donors (Lipinski definition) is 0. The molecule has 0 spiro atoms. The third kappa shape index (κ3) is 2.51. The minimum absolute atomic E-state index is 0.112. The molecule has 0 unspecified atom stereocenters. The van der Waals surface area contributed by atoms with Gasteiger partial charge in [0.25, 0.3) is 5.56 Å². The van der Waals surface area contributed by atoms with Gasteiger partial charge in [-0.2, -0.15) is 4.98 Å². The molecule has 0 amide bonds. The van der Waals surface area contributed by atoms with E-state index in [2.05, 4.69) is 15.1 Å². The predicted octanol–water partition coefficient (Wildman–Crippen LogP) is 2.58. The van der Waals surface area contributed by atoms with E-state index in [0.717, 1.165) is 17.1 Å². The summed E-state index contributed by atoms with van der Waals surface area (Å²) in [4.78, 5) is 22.6. The monoisotopic (exact) mass is 367 g/mol. The summed E-state index contributed by atoms with van der Waals surface area (Å²) < 4.78 is 14.1. The Balaban J connectivity index is 2.13. The molecule has 0 aliphatic carbocycles. The Kier molecular flexibility index (Phi) is 3.98. The van der Waals surface area contributed by atoms with E-state index in [1.54, 1.807) is 17.7 Å². The molecular formula is C19H21N5O3. The van der Waals surface area contributed by atoms with E-state index in [0.29, 0.717) is 47.0 Å². The molecule has 4 rings (SSSR count). The number of methoxy groups -OCH3 is 1. The van der Waals surface area contributed by atoms with Crippen molar-refractivity contribution in [2.45, 2.75) is 40.7 Å². The van der Waals surface area contributed by atoms with E-state index in [1.165, 1.54) is 0 Å². The zero-order chi connectivity index (χ0) is 19.3. The molecule has 0 aliphatic rings. The average molecular weight is 367 g/mol. The molecule has 140 valence electrons. The summed E-state index contributed by atoms with van der Waals surface area (Å²) in [6.45, 7) is 7.94. The summed E-state index contributed by atoms with van der Waals surface area (Å²) in [7, 11) is 1.57. The molecule has 0 fully saturated rings. The molecule has 0 N–H and O–H groups in total. The van der Waals surface area contributed by atoms with Gasteiger partial charge in [0, 0.05) is 18.1 Å². The Labute approximate surface area is 155 Å². The molecule has 0 atom stereocenters. The van der Waals surface area contributed by atoms with Crippen LogP contribution in [-0.4, -0.2) is 31.2 Å². The van der Waals surface area contributed by atoms with Crippen LogP contribution in [0.25, 0.3) is 16.7 Å². The van der Waals surface area contributed by atoms with Crippen LogP contribution in [0, 0.1) is 20.8 Å². The SMILES string of the molecule is CCc1nc(C)c2c(=O)n(Cc3c(C)noc3C)c3ccc(OC)nc3n12. The number of imidazole rings is 1. The summed E-state index contributed by atoms with van der Waals surface area (Å²) >= 11 is 0. The van der Waals surface area contributed by atoms with Crippen LogP contribution in [0.5, 0.6) is 5.88 Å². The second-order valence-electron chi connectivity index (χ2n) is 6.54. The maximum Gasteiger partial charge on any atom is 0.277 e. The van der Waals surface area contributed by atoms with Crippen molar-refractivity contribution in [3.63, 3.8) is 0 Å². The molecule has 0 saturated carbocycles. The lowest BCUT2D eigenvalue weighted by atomic mass is 10.2. The van der Waals surface area contributed by atoms with Crippen molar-refractivity contribution in [2.24, 2.45) is 0 Å². The first kappa shape index (κ1) is 17.3. The van der Waals surface area contributed by atoms with Gasteiger partial charge in [0.2, 0.25) is 5.88 Å². The van der Waals surface area contributed by atoms with Crippen molar-refractivity contribution >= 4 is 16.7 Å². The van der Waals surface area contributed by atoms with Crippen LogP contribution < -0.4 is 10.3 Å². The molecule has 4 aromatic heterocycles. The van der Waals surface area contributed by atoms with Gasteiger partial charge in [-0.1, -0.05) is 12.1 Å². The van der Waals surface area contributed by atoms with E-state index in [-0.39, 0.29) is 5.56 Å². The summed E-state index contributed by atoms with van der Waals surface area (Å²) in [5, 5.41) is 4.00. The Bertz CT molecular complexity index is 1210. The van der Waals surface area contributed by atoms with Crippen LogP contribution in [0.2, 0.25) is 0 Å². The van der Waals surface area contributed by atoms with Crippen LogP contribution in [0.4, 0.5) is 0 Å². The topological polar surface area (TPSA) is 87.5 Å². The van der Waals surface area contributed by atoms with Crippen molar-refractivity contribution < 1.29 is 9.26 Å². The van der Waals surface area contributed by atoms with Crippen molar-refractivity contribution in [3.8, 4) is 5.88 Å². The minimum Gasteiger partial charge on any atom is -0.481 e. The molecule has 0 aromatic carbocycles. The van der Waals surface area contributed by atoms with Gasteiger partial charge in [0.1, 0.15) is 17.1 Å². The molecule has 4 heterocycles. The van der Waals surface area contributed by atoms with Crippen LogP contribution in [0.3, 0.4) is 0 Å². The zero-order valence-corrected chi connectivity index (χ0v) is 16.0. The Morgan fingerprint density at radius 3 is 2.56 bits per heavy atom. The van der Waals surface area contributed by atoms with Gasteiger partial charge in [-0.05, 0) is 26.8 Å². The number of ether oxygens (including phenoxy) is 1. The lowest BCUT2D eigenvalue weighted by Crippen LogP contribution is -2.25. The fourth-order valence-corrected chi connectivity index (χ4v) is 3.50. The smallest absolute Gasteiger partial charge is 0.277 e. The van der Waals surface area contributed by atoms with Crippen LogP contribution in [0.1, 0.15) is 35.5 Å². The van der Waals surface area contributed by atoms with E-state index in [9.17, 15) is 4.79 Å². The third-order valence-corrected chi connectivity index (χ3v) is 4.92. The lowest BCUT2D eigenvalue weighted by molar-refractivity contribution is 0.392. The van der Waals surface area contributed by atoms with Crippen LogP contribution in [0.15, 0.2) is 21.5 Å². The molecule has 8 nitrogen and oxygen atoms in total. The molecule has 4 aromatic rings. The molecule has 0 radical (unpaired) electrons. The Morgan fingerprint density at radius 1 is 1.15 bits per heavy atom. The highest BCUT2D eigenvalue weighted by Crippen LogP contribution is 2.22. The number of fused-ring (bicyclic) bond motifs is 3. The number of aryl methyl sites for hydroxylation is 4. The number of hydrogen-bond acceptors (Lipinski definition) is 6. The van der Waals surface area contributed by atoms with Crippen molar-refractivity contribution in [1.29, 1.82) is 0 Å². The standard InChI is InChI=1S/C19H21N5O3/c1-6-15-20-11(3)17-19(25)23(9-13-10(2)22-27-12(13)4)14-7-8-16(26-5)21-18(14)24(15)17/h7-8H,6,9H2,1-5H3. The predicted molar refractivity (Wildman–Crippen MR) is 100 cm³/mol. The summed E-state index contributed by atoms with van der Waals surface area (Å²) in [5.41, 5.74) is 4.13. The van der Waals surface area contributed by atoms with Crippen molar-refractivity contribution in [1.82, 2.24) is 24.1 Å². The van der Waals surface area contributed by atoms with Gasteiger partial charge in [-0.3, -0.25) is 13.8 Å². The maximum absolute atomic E-state index is 13.4. The highest BCUT2D eigenvalue weighted by molar-refractivity contribution is 5.77. The van der Waals surface area contributed by atoms with Crippen LogP contribution >= 0.6 is 0 Å². The summed E-state index contributed by atoms with van der Waals surface area (Å²) in [6, 6.07) is 3.61. The molecule has 0 saturated heterocycles. The quantitative estimate of drug-likeness (QED) is 0.551. The Hall–Kier alpha value is -3.16. The highest BCUT2D eigenvalue weighted by Gasteiger charge is 2.20. The second kappa shape index (κ2) is 6.22. The van der Waals surface area contributed by atoms with E-state index in [1.807, 2.05) is 38.2 Å². The van der Waals surface area contributed by atoms with E-state index < -0.39 is 0 Å². The van der Waals surface area contributed by atoms with Gasteiger partial charge in [-0.25, -0.2) is 4.98 Å². The third-order valence-electron chi connectivity index (χ3n) is 4.92. The van der Waals surface area contributed by atoms with Gasteiger partial charge in [-0.15, -0.1) is 0 Å².